The second kappa shape index (κ2) is 18.9. The molecule has 1 aliphatic heterocycles. The van der Waals surface area contributed by atoms with Crippen LogP contribution in [0.4, 0.5) is 17.1 Å². The Bertz CT molecular complexity index is 2480. The summed E-state index contributed by atoms with van der Waals surface area (Å²) in [6, 6.07) is 32.3. The van der Waals surface area contributed by atoms with Crippen molar-refractivity contribution in [2.75, 3.05) is 18.0 Å². The van der Waals surface area contributed by atoms with Crippen molar-refractivity contribution in [2.24, 2.45) is 11.8 Å². The molecule has 2 aliphatic rings. The van der Waals surface area contributed by atoms with Gasteiger partial charge >= 0.3 is 0 Å². The third-order valence-electron chi connectivity index (χ3n) is 12.1. The lowest BCUT2D eigenvalue weighted by Gasteiger charge is -2.32. The van der Waals surface area contributed by atoms with Crippen molar-refractivity contribution in [1.29, 1.82) is 0 Å². The van der Waals surface area contributed by atoms with Crippen LogP contribution >= 0.6 is 0 Å². The summed E-state index contributed by atoms with van der Waals surface area (Å²) in [4.78, 5) is 2.33. The van der Waals surface area contributed by atoms with Crippen molar-refractivity contribution in [3.05, 3.63) is 125 Å². The van der Waals surface area contributed by atoms with Gasteiger partial charge in [0.1, 0.15) is 16.2 Å². The summed E-state index contributed by atoms with van der Waals surface area (Å²) < 4.78 is 45.9. The second-order valence-electron chi connectivity index (χ2n) is 16.3. The van der Waals surface area contributed by atoms with Crippen molar-refractivity contribution in [3.63, 3.8) is 0 Å². The highest BCUT2D eigenvalue weighted by Gasteiger charge is 2.27. The zero-order valence-electron chi connectivity index (χ0n) is 35.9. The van der Waals surface area contributed by atoms with Crippen LogP contribution in [0.3, 0.4) is 0 Å². The molecular formula is C51H63N2O4S+. The van der Waals surface area contributed by atoms with Crippen molar-refractivity contribution in [1.82, 2.24) is 4.58 Å². The second-order valence-corrected chi connectivity index (χ2v) is 17.7. The molecule has 0 amide bonds. The summed E-state index contributed by atoms with van der Waals surface area (Å²) in [5, 5.41) is 1.80. The highest BCUT2D eigenvalue weighted by molar-refractivity contribution is 7.86. The molecule has 6 rings (SSSR count). The maximum absolute atomic E-state index is 13.0. The third kappa shape index (κ3) is 9.27. The van der Waals surface area contributed by atoms with Gasteiger partial charge in [-0.2, -0.15) is 13.0 Å². The van der Waals surface area contributed by atoms with E-state index in [1.54, 1.807) is 12.1 Å². The minimum Gasteiger partial charge on any atom is -0.456 e. The van der Waals surface area contributed by atoms with Crippen LogP contribution in [0.1, 0.15) is 101 Å². The zero-order valence-corrected chi connectivity index (χ0v) is 36.8. The number of rotatable bonds is 17. The summed E-state index contributed by atoms with van der Waals surface area (Å²) in [6.07, 6.45) is 9.18. The molecule has 4 aromatic carbocycles. The molecule has 7 heteroatoms. The predicted octanol–water partition coefficient (Wildman–Crippen LogP) is 13.4. The van der Waals surface area contributed by atoms with Gasteiger partial charge in [-0.3, -0.25) is 4.55 Å². The molecule has 1 N–H and O–H groups in total. The van der Waals surface area contributed by atoms with E-state index < -0.39 is 10.1 Å². The summed E-state index contributed by atoms with van der Waals surface area (Å²) in [7, 11) is -4.55. The predicted molar refractivity (Wildman–Crippen MR) is 243 cm³/mol. The zero-order chi connectivity index (χ0) is 41.6. The molecule has 306 valence electrons. The summed E-state index contributed by atoms with van der Waals surface area (Å²) in [5.41, 5.74) is 10.8. The Balaban J connectivity index is 1.69. The first kappa shape index (κ1) is 42.9. The summed E-state index contributed by atoms with van der Waals surface area (Å²) >= 11 is 0. The van der Waals surface area contributed by atoms with Gasteiger partial charge in [0.15, 0.2) is 6.54 Å². The first-order valence-electron chi connectivity index (χ1n) is 21.5. The number of hydrogen-bond donors (Lipinski definition) is 1. The van der Waals surface area contributed by atoms with Crippen LogP contribution in [-0.2, 0) is 10.1 Å². The molecule has 2 unspecified atom stereocenters. The van der Waals surface area contributed by atoms with E-state index in [9.17, 15) is 13.0 Å². The van der Waals surface area contributed by atoms with E-state index in [0.717, 1.165) is 73.6 Å². The van der Waals surface area contributed by atoms with Gasteiger partial charge in [0.2, 0.25) is 11.0 Å². The third-order valence-corrected chi connectivity index (χ3v) is 13.0. The van der Waals surface area contributed by atoms with Crippen LogP contribution in [0.5, 0.6) is 0 Å². The smallest absolute Gasteiger partial charge is 0.295 e. The normalized spacial score (nSPS) is 13.5. The number of anilines is 2. The average Bonchev–Trinajstić information content (AvgIpc) is 3.20. The minimum atomic E-state index is -4.55. The number of benzene rings is 5. The lowest BCUT2D eigenvalue weighted by atomic mass is 9.93. The fraction of sp³-hybridized carbons (Fsp3) is 0.392. The molecule has 4 aromatic rings. The topological polar surface area (TPSA) is 73.8 Å². The molecule has 58 heavy (non-hydrogen) atoms. The number of nitrogens with zero attached hydrogens (tertiary/aromatic N) is 2. The fourth-order valence-corrected chi connectivity index (χ4v) is 9.56. The van der Waals surface area contributed by atoms with Crippen LogP contribution in [0.15, 0.2) is 106 Å². The molecule has 1 aliphatic carbocycles. The van der Waals surface area contributed by atoms with Gasteiger partial charge in [0.25, 0.3) is 10.1 Å². The Morgan fingerprint density at radius 3 is 1.93 bits per heavy atom. The fourth-order valence-electron chi connectivity index (χ4n) is 8.86. The molecule has 0 aromatic heterocycles. The lowest BCUT2D eigenvalue weighted by molar-refractivity contribution is 0.419. The van der Waals surface area contributed by atoms with E-state index in [4.69, 9.17) is 4.42 Å². The van der Waals surface area contributed by atoms with Crippen LogP contribution in [0, 0.1) is 39.5 Å². The minimum absolute atomic E-state index is 0.130. The number of fused-ring (bicyclic) bond motifs is 2. The Morgan fingerprint density at radius 1 is 0.690 bits per heavy atom. The van der Waals surface area contributed by atoms with E-state index in [2.05, 4.69) is 138 Å². The number of unbranched alkanes of at least 4 members (excludes halogenated alkanes) is 2. The van der Waals surface area contributed by atoms with Gasteiger partial charge in [0, 0.05) is 69.2 Å². The highest BCUT2D eigenvalue weighted by atomic mass is 32.2. The lowest BCUT2D eigenvalue weighted by Crippen LogP contribution is -2.31. The van der Waals surface area contributed by atoms with E-state index in [-0.39, 0.29) is 4.90 Å². The number of aryl methyl sites for hydroxylation is 4. The van der Waals surface area contributed by atoms with Gasteiger partial charge in [-0.05, 0) is 88.3 Å². The van der Waals surface area contributed by atoms with E-state index >= 15 is 0 Å². The van der Waals surface area contributed by atoms with Crippen LogP contribution in [0.25, 0.3) is 33.4 Å². The number of para-hydroxylation sites is 2. The molecule has 0 spiro atoms. The molecule has 1 heterocycles. The molecule has 0 saturated heterocycles. The quantitative estimate of drug-likeness (QED) is 0.0565. The van der Waals surface area contributed by atoms with Crippen molar-refractivity contribution in [2.45, 2.75) is 112 Å². The van der Waals surface area contributed by atoms with Crippen LogP contribution in [-0.4, -0.2) is 26.1 Å². The van der Waals surface area contributed by atoms with Crippen molar-refractivity contribution >= 4 is 38.1 Å². The van der Waals surface area contributed by atoms with E-state index in [0.29, 0.717) is 34.3 Å². The van der Waals surface area contributed by atoms with Gasteiger partial charge < -0.3 is 9.32 Å². The molecule has 0 bridgehead atoms. The van der Waals surface area contributed by atoms with Gasteiger partial charge in [-0.25, -0.2) is 0 Å². The molecule has 0 saturated carbocycles. The summed E-state index contributed by atoms with van der Waals surface area (Å²) in [5.74, 6) is 1.65. The van der Waals surface area contributed by atoms with Crippen molar-refractivity contribution < 1.29 is 17.4 Å². The maximum atomic E-state index is 13.0. The Labute approximate surface area is 347 Å². The Morgan fingerprint density at radius 2 is 1.31 bits per heavy atom. The molecular weight excluding hydrogens is 737 g/mol. The first-order valence-corrected chi connectivity index (χ1v) is 22.9. The van der Waals surface area contributed by atoms with Crippen LogP contribution in [0.2, 0.25) is 0 Å². The average molecular weight is 800 g/mol. The van der Waals surface area contributed by atoms with Crippen molar-refractivity contribution in [3.8, 4) is 22.5 Å². The number of hydrogen-bond acceptors (Lipinski definition) is 4. The van der Waals surface area contributed by atoms with Gasteiger partial charge in [-0.1, -0.05) is 114 Å². The van der Waals surface area contributed by atoms with Crippen LogP contribution < -0.4 is 14.8 Å². The monoisotopic (exact) mass is 799 g/mol. The molecule has 2 atom stereocenters. The Kier molecular flexibility index (Phi) is 14.0. The highest BCUT2D eigenvalue weighted by Crippen LogP contribution is 2.44. The van der Waals surface area contributed by atoms with Gasteiger partial charge in [-0.15, -0.1) is 0 Å². The summed E-state index contributed by atoms with van der Waals surface area (Å²) in [6.45, 7) is 19.5. The SMILES string of the molecule is CCCCC(CC)CN(c1ccc2c(-c3ccccc3S(=O)(=O)O)c3cc/c(=[N+](/CC(CC)CCCC)c4c(C)cccc4C)cc-3oc2c1)c1c(C)cccc1C. The largest absolute Gasteiger partial charge is 0.456 e. The molecule has 6 nitrogen and oxygen atoms in total. The molecule has 0 radical (unpaired) electrons. The first-order chi connectivity index (χ1) is 27.9. The van der Waals surface area contributed by atoms with E-state index in [1.807, 2.05) is 6.07 Å². The molecule has 0 fully saturated rings. The maximum Gasteiger partial charge on any atom is 0.295 e. The van der Waals surface area contributed by atoms with E-state index in [1.165, 1.54) is 52.5 Å². The standard InChI is InChI=1S/C51H62N2O4S/c1-9-13-23-39(11-3)33-52(50-35(5)19-17-20-36(50)6)41-27-29-43-46(31-41)57-47-32-42(28-30-44(47)49(43)45-25-15-16-26-48(45)58(54,55)56)53(34-40(12-4)24-14-10-2)51-37(7)21-18-22-38(51)8/h15-22,25-32,39-40H,9-14,23-24,33-34H2,1-8H3/p+1. The van der Waals surface area contributed by atoms with Gasteiger partial charge in [0.05, 0.1) is 6.07 Å². The Hall–Kier alpha value is -4.72.